The van der Waals surface area contributed by atoms with E-state index in [2.05, 4.69) is 35.0 Å². The summed E-state index contributed by atoms with van der Waals surface area (Å²) < 4.78 is 11.2. The number of morpholine rings is 1. The van der Waals surface area contributed by atoms with Crippen molar-refractivity contribution in [1.29, 1.82) is 0 Å². The zero-order valence-corrected chi connectivity index (χ0v) is 12.4. The third-order valence-electron chi connectivity index (χ3n) is 4.49. The molecule has 1 aromatic carbocycles. The van der Waals surface area contributed by atoms with E-state index in [4.69, 9.17) is 9.47 Å². The van der Waals surface area contributed by atoms with Crippen LogP contribution in [0.4, 0.5) is 0 Å². The highest BCUT2D eigenvalue weighted by atomic mass is 16.5. The number of rotatable bonds is 3. The highest BCUT2D eigenvalue weighted by molar-refractivity contribution is 5.28. The summed E-state index contributed by atoms with van der Waals surface area (Å²) in [5.41, 5.74) is 1.32. The Morgan fingerprint density at radius 2 is 2.25 bits per heavy atom. The maximum absolute atomic E-state index is 5.90. The lowest BCUT2D eigenvalue weighted by Crippen LogP contribution is -2.58. The Labute approximate surface area is 121 Å². The van der Waals surface area contributed by atoms with Gasteiger partial charge in [-0.1, -0.05) is 12.1 Å². The lowest BCUT2D eigenvalue weighted by Gasteiger charge is -2.45. The molecule has 20 heavy (non-hydrogen) atoms. The molecule has 2 fully saturated rings. The molecule has 2 heterocycles. The van der Waals surface area contributed by atoms with Crippen molar-refractivity contribution in [2.45, 2.75) is 25.1 Å². The van der Waals surface area contributed by atoms with Crippen molar-refractivity contribution in [3.05, 3.63) is 29.8 Å². The number of nitrogens with zero attached hydrogens (tertiary/aromatic N) is 2. The molecule has 2 saturated heterocycles. The third-order valence-corrected chi connectivity index (χ3v) is 4.49. The average Bonchev–Trinajstić information content (AvgIpc) is 2.48. The second-order valence-corrected chi connectivity index (χ2v) is 5.83. The molecule has 110 valence electrons. The molecular formula is C16H24N2O2. The number of ether oxygens (including phenoxy) is 2. The first kappa shape index (κ1) is 13.9. The number of fused-ring (bicyclic) bond motifs is 1. The van der Waals surface area contributed by atoms with E-state index in [1.807, 2.05) is 6.07 Å². The summed E-state index contributed by atoms with van der Waals surface area (Å²) in [5, 5.41) is 0. The summed E-state index contributed by atoms with van der Waals surface area (Å²) in [7, 11) is 3.94. The van der Waals surface area contributed by atoms with Crippen molar-refractivity contribution in [2.75, 3.05) is 40.4 Å². The van der Waals surface area contributed by atoms with Gasteiger partial charge in [0.25, 0.3) is 0 Å². The average molecular weight is 276 g/mol. The van der Waals surface area contributed by atoms with E-state index in [9.17, 15) is 0 Å². The van der Waals surface area contributed by atoms with Crippen LogP contribution in [0, 0.1) is 0 Å². The van der Waals surface area contributed by atoms with Crippen LogP contribution < -0.4 is 4.74 Å². The Kier molecular flexibility index (Phi) is 4.24. The van der Waals surface area contributed by atoms with Gasteiger partial charge in [-0.05, 0) is 31.2 Å². The van der Waals surface area contributed by atoms with Crippen molar-refractivity contribution in [3.8, 4) is 5.75 Å². The standard InChI is InChI=1S/C16H24N2O2/c1-17-8-9-20-16-6-7-18(12-15(16)17)11-13-4-3-5-14(10-13)19-2/h3-5,10,15-16H,6-9,11-12H2,1-2H3/t15-,16-/m1/s1. The zero-order valence-electron chi connectivity index (χ0n) is 12.4. The molecule has 2 aliphatic heterocycles. The smallest absolute Gasteiger partial charge is 0.119 e. The fraction of sp³-hybridized carbons (Fsp3) is 0.625. The molecule has 0 aliphatic carbocycles. The summed E-state index contributed by atoms with van der Waals surface area (Å²) in [6, 6.07) is 8.92. The molecule has 0 spiro atoms. The van der Waals surface area contributed by atoms with Crippen molar-refractivity contribution in [3.63, 3.8) is 0 Å². The molecular weight excluding hydrogens is 252 g/mol. The molecule has 0 amide bonds. The lowest BCUT2D eigenvalue weighted by atomic mass is 9.98. The number of hydrogen-bond acceptors (Lipinski definition) is 4. The fourth-order valence-corrected chi connectivity index (χ4v) is 3.28. The summed E-state index contributed by atoms with van der Waals surface area (Å²) in [5.74, 6) is 0.940. The molecule has 0 saturated carbocycles. The van der Waals surface area contributed by atoms with E-state index in [-0.39, 0.29) is 0 Å². The fourth-order valence-electron chi connectivity index (χ4n) is 3.28. The Bertz CT molecular complexity index is 452. The number of hydrogen-bond donors (Lipinski definition) is 0. The predicted molar refractivity (Wildman–Crippen MR) is 79.0 cm³/mol. The van der Waals surface area contributed by atoms with E-state index < -0.39 is 0 Å². The van der Waals surface area contributed by atoms with Crippen molar-refractivity contribution in [2.24, 2.45) is 0 Å². The quantitative estimate of drug-likeness (QED) is 0.837. The molecule has 4 heteroatoms. The molecule has 0 radical (unpaired) electrons. The van der Waals surface area contributed by atoms with Gasteiger partial charge in [0, 0.05) is 32.2 Å². The number of piperidine rings is 1. The minimum Gasteiger partial charge on any atom is -0.497 e. The van der Waals surface area contributed by atoms with Gasteiger partial charge in [-0.15, -0.1) is 0 Å². The van der Waals surface area contributed by atoms with Crippen LogP contribution in [0.3, 0.4) is 0 Å². The van der Waals surface area contributed by atoms with Crippen molar-refractivity contribution >= 4 is 0 Å². The third kappa shape index (κ3) is 2.97. The SMILES string of the molecule is COc1cccc(CN2CC[C@H]3OCCN(C)[C@@H]3C2)c1. The number of likely N-dealkylation sites (N-methyl/N-ethyl adjacent to an activating group) is 1. The summed E-state index contributed by atoms with van der Waals surface area (Å²) in [6.45, 7) is 5.14. The Morgan fingerprint density at radius 1 is 1.35 bits per heavy atom. The Hall–Kier alpha value is -1.10. The van der Waals surface area contributed by atoms with Crippen LogP contribution in [0.1, 0.15) is 12.0 Å². The van der Waals surface area contributed by atoms with Crippen molar-refractivity contribution < 1.29 is 9.47 Å². The first-order valence-corrected chi connectivity index (χ1v) is 7.43. The Morgan fingerprint density at radius 3 is 3.10 bits per heavy atom. The van der Waals surface area contributed by atoms with E-state index in [0.29, 0.717) is 12.1 Å². The zero-order chi connectivity index (χ0) is 13.9. The van der Waals surface area contributed by atoms with Crippen LogP contribution in [-0.2, 0) is 11.3 Å². The van der Waals surface area contributed by atoms with Gasteiger partial charge in [-0.3, -0.25) is 9.80 Å². The van der Waals surface area contributed by atoms with Gasteiger partial charge in [-0.2, -0.15) is 0 Å². The molecule has 3 rings (SSSR count). The normalized spacial score (nSPS) is 28.1. The van der Waals surface area contributed by atoms with Gasteiger partial charge in [-0.25, -0.2) is 0 Å². The molecule has 0 aromatic heterocycles. The van der Waals surface area contributed by atoms with E-state index in [1.54, 1.807) is 7.11 Å². The molecule has 4 nitrogen and oxygen atoms in total. The number of likely N-dealkylation sites (tertiary alicyclic amines) is 1. The predicted octanol–water partition coefficient (Wildman–Crippen LogP) is 1.60. The molecule has 1 aromatic rings. The second-order valence-electron chi connectivity index (χ2n) is 5.83. The number of methoxy groups -OCH3 is 1. The van der Waals surface area contributed by atoms with E-state index in [1.165, 1.54) is 5.56 Å². The van der Waals surface area contributed by atoms with Gasteiger partial charge in [0.05, 0.1) is 19.8 Å². The Balaban J connectivity index is 1.63. The highest BCUT2D eigenvalue weighted by Crippen LogP contribution is 2.23. The summed E-state index contributed by atoms with van der Waals surface area (Å²) in [4.78, 5) is 4.98. The number of benzene rings is 1. The van der Waals surface area contributed by atoms with Gasteiger partial charge in [0.1, 0.15) is 5.75 Å². The summed E-state index contributed by atoms with van der Waals surface area (Å²) >= 11 is 0. The topological polar surface area (TPSA) is 24.9 Å². The van der Waals surface area contributed by atoms with E-state index >= 15 is 0 Å². The molecule has 0 bridgehead atoms. The van der Waals surface area contributed by atoms with Crippen LogP contribution in [0.2, 0.25) is 0 Å². The van der Waals surface area contributed by atoms with Crippen LogP contribution in [0.5, 0.6) is 5.75 Å². The molecule has 2 aliphatic rings. The molecule has 2 atom stereocenters. The van der Waals surface area contributed by atoms with Crippen molar-refractivity contribution in [1.82, 2.24) is 9.80 Å². The van der Waals surface area contributed by atoms with Crippen LogP contribution in [0.15, 0.2) is 24.3 Å². The minimum absolute atomic E-state index is 0.426. The largest absolute Gasteiger partial charge is 0.497 e. The second kappa shape index (κ2) is 6.12. The minimum atomic E-state index is 0.426. The highest BCUT2D eigenvalue weighted by Gasteiger charge is 2.35. The molecule has 0 N–H and O–H groups in total. The maximum Gasteiger partial charge on any atom is 0.119 e. The van der Waals surface area contributed by atoms with Crippen LogP contribution >= 0.6 is 0 Å². The van der Waals surface area contributed by atoms with Gasteiger partial charge >= 0.3 is 0 Å². The first-order chi connectivity index (χ1) is 9.76. The first-order valence-electron chi connectivity index (χ1n) is 7.43. The van der Waals surface area contributed by atoms with Gasteiger partial charge < -0.3 is 9.47 Å². The monoisotopic (exact) mass is 276 g/mol. The van der Waals surface area contributed by atoms with Crippen LogP contribution in [0.25, 0.3) is 0 Å². The lowest BCUT2D eigenvalue weighted by molar-refractivity contribution is -0.0956. The van der Waals surface area contributed by atoms with Crippen LogP contribution in [-0.4, -0.2) is 62.3 Å². The van der Waals surface area contributed by atoms with E-state index in [0.717, 1.165) is 45.0 Å². The maximum atomic E-state index is 5.90. The van der Waals surface area contributed by atoms with Gasteiger partial charge in [0.2, 0.25) is 0 Å². The summed E-state index contributed by atoms with van der Waals surface area (Å²) in [6.07, 6.45) is 1.56. The van der Waals surface area contributed by atoms with Gasteiger partial charge in [0.15, 0.2) is 0 Å². The molecule has 0 unspecified atom stereocenters.